The largest absolute Gasteiger partial charge is 0.508 e. The SMILES string of the molecule is CNCCc1c[nH]c2ccc(O)cc12.O=C(O)C=CC(=O)O. The second-order valence-electron chi connectivity index (χ2n) is 4.41. The first kappa shape index (κ1) is 17.3. The fourth-order valence-corrected chi connectivity index (χ4v) is 1.78. The number of aromatic nitrogens is 1. The normalized spacial score (nSPS) is 10.4. The number of phenols is 1. The minimum Gasteiger partial charge on any atom is -0.508 e. The molecule has 0 aliphatic carbocycles. The molecular formula is C15H18N2O5. The van der Waals surface area contributed by atoms with Gasteiger partial charge in [0.05, 0.1) is 0 Å². The van der Waals surface area contributed by atoms with Crippen LogP contribution in [0.4, 0.5) is 0 Å². The number of hydrogen-bond donors (Lipinski definition) is 5. The number of aromatic hydroxyl groups is 1. The number of phenolic OH excluding ortho intramolecular Hbond substituents is 1. The van der Waals surface area contributed by atoms with Crippen LogP contribution in [0.1, 0.15) is 5.56 Å². The maximum Gasteiger partial charge on any atom is 0.328 e. The molecule has 1 aromatic heterocycles. The van der Waals surface area contributed by atoms with E-state index in [0.29, 0.717) is 17.9 Å². The fraction of sp³-hybridized carbons (Fsp3) is 0.200. The van der Waals surface area contributed by atoms with Gasteiger partial charge in [-0.05, 0) is 43.8 Å². The summed E-state index contributed by atoms with van der Waals surface area (Å²) in [4.78, 5) is 22.3. The van der Waals surface area contributed by atoms with E-state index in [1.165, 1.54) is 5.56 Å². The van der Waals surface area contributed by atoms with E-state index >= 15 is 0 Å². The van der Waals surface area contributed by atoms with Gasteiger partial charge >= 0.3 is 11.9 Å². The maximum absolute atomic E-state index is 9.55. The van der Waals surface area contributed by atoms with Gasteiger partial charge in [0.2, 0.25) is 0 Å². The minimum absolute atomic E-state index is 0.322. The number of rotatable bonds is 5. The molecule has 22 heavy (non-hydrogen) atoms. The molecular weight excluding hydrogens is 288 g/mol. The predicted molar refractivity (Wildman–Crippen MR) is 82.0 cm³/mol. The molecule has 0 aliphatic heterocycles. The van der Waals surface area contributed by atoms with E-state index in [9.17, 15) is 14.7 Å². The molecule has 0 amide bonds. The monoisotopic (exact) mass is 306 g/mol. The molecule has 7 nitrogen and oxygen atoms in total. The lowest BCUT2D eigenvalue weighted by atomic mass is 10.1. The van der Waals surface area contributed by atoms with Gasteiger partial charge < -0.3 is 25.6 Å². The fourth-order valence-electron chi connectivity index (χ4n) is 1.78. The molecule has 0 unspecified atom stereocenters. The lowest BCUT2D eigenvalue weighted by molar-refractivity contribution is -0.134. The van der Waals surface area contributed by atoms with Gasteiger partial charge in [0.1, 0.15) is 5.75 Å². The van der Waals surface area contributed by atoms with Gasteiger partial charge in [0.25, 0.3) is 0 Å². The molecule has 2 aromatic rings. The molecule has 0 saturated heterocycles. The van der Waals surface area contributed by atoms with Crippen LogP contribution in [0.15, 0.2) is 36.5 Å². The second kappa shape index (κ2) is 8.48. The lowest BCUT2D eigenvalue weighted by Crippen LogP contribution is -2.09. The molecule has 1 aromatic carbocycles. The average molecular weight is 306 g/mol. The molecule has 7 heteroatoms. The Kier molecular flexibility index (Phi) is 6.65. The van der Waals surface area contributed by atoms with Gasteiger partial charge in [0.15, 0.2) is 0 Å². The van der Waals surface area contributed by atoms with Crippen LogP contribution in [0.5, 0.6) is 5.75 Å². The van der Waals surface area contributed by atoms with Crippen LogP contribution >= 0.6 is 0 Å². The van der Waals surface area contributed by atoms with E-state index in [1.807, 2.05) is 19.3 Å². The minimum atomic E-state index is -1.26. The molecule has 5 N–H and O–H groups in total. The molecule has 0 atom stereocenters. The predicted octanol–water partition coefficient (Wildman–Crippen LogP) is 1.35. The van der Waals surface area contributed by atoms with Crippen LogP contribution in [0.3, 0.4) is 0 Å². The van der Waals surface area contributed by atoms with Crippen molar-refractivity contribution in [2.24, 2.45) is 0 Å². The first-order chi connectivity index (χ1) is 10.4. The van der Waals surface area contributed by atoms with Gasteiger partial charge in [-0.1, -0.05) is 0 Å². The maximum atomic E-state index is 9.55. The summed E-state index contributed by atoms with van der Waals surface area (Å²) in [6, 6.07) is 5.39. The van der Waals surface area contributed by atoms with E-state index < -0.39 is 11.9 Å². The van der Waals surface area contributed by atoms with Crippen molar-refractivity contribution in [3.63, 3.8) is 0 Å². The first-order valence-electron chi connectivity index (χ1n) is 6.51. The molecule has 0 saturated carbocycles. The first-order valence-corrected chi connectivity index (χ1v) is 6.51. The highest BCUT2D eigenvalue weighted by Crippen LogP contribution is 2.22. The molecule has 2 rings (SSSR count). The summed E-state index contributed by atoms with van der Waals surface area (Å²) < 4.78 is 0. The summed E-state index contributed by atoms with van der Waals surface area (Å²) in [5.74, 6) is -2.19. The Morgan fingerprint density at radius 2 is 1.86 bits per heavy atom. The Morgan fingerprint density at radius 3 is 2.41 bits per heavy atom. The number of nitrogens with one attached hydrogen (secondary N) is 2. The third kappa shape index (κ3) is 5.68. The average Bonchev–Trinajstić information content (AvgIpc) is 2.86. The van der Waals surface area contributed by atoms with Gasteiger partial charge in [-0.25, -0.2) is 9.59 Å². The number of benzene rings is 1. The van der Waals surface area contributed by atoms with Crippen LogP contribution in [0.25, 0.3) is 10.9 Å². The summed E-state index contributed by atoms with van der Waals surface area (Å²) in [5, 5.41) is 29.2. The highest BCUT2D eigenvalue weighted by atomic mass is 16.4. The molecule has 0 aliphatic rings. The standard InChI is InChI=1S/C11H14N2O.C4H4O4/c1-12-5-4-8-7-13-11-3-2-9(14)6-10(8)11;5-3(6)1-2-4(7)8/h2-3,6-7,12-14H,4-5H2,1H3;1-2H,(H,5,6)(H,7,8). The van der Waals surface area contributed by atoms with Crippen LogP contribution in [-0.4, -0.2) is 45.8 Å². The van der Waals surface area contributed by atoms with Crippen LogP contribution in [0, 0.1) is 0 Å². The second-order valence-corrected chi connectivity index (χ2v) is 4.41. The zero-order chi connectivity index (χ0) is 16.5. The number of fused-ring (bicyclic) bond motifs is 1. The Hall–Kier alpha value is -2.80. The van der Waals surface area contributed by atoms with Gasteiger partial charge in [-0.3, -0.25) is 0 Å². The van der Waals surface area contributed by atoms with E-state index in [2.05, 4.69) is 10.3 Å². The van der Waals surface area contributed by atoms with Gasteiger partial charge in [-0.2, -0.15) is 0 Å². The number of H-pyrrole nitrogens is 1. The van der Waals surface area contributed by atoms with Crippen molar-refractivity contribution in [1.82, 2.24) is 10.3 Å². The van der Waals surface area contributed by atoms with E-state index in [-0.39, 0.29) is 0 Å². The van der Waals surface area contributed by atoms with Crippen molar-refractivity contribution in [2.45, 2.75) is 6.42 Å². The van der Waals surface area contributed by atoms with Crippen LogP contribution in [-0.2, 0) is 16.0 Å². The third-order valence-corrected chi connectivity index (χ3v) is 2.76. The molecule has 0 radical (unpaired) electrons. The van der Waals surface area contributed by atoms with Crippen molar-refractivity contribution >= 4 is 22.8 Å². The van der Waals surface area contributed by atoms with Gasteiger partial charge in [-0.15, -0.1) is 0 Å². The third-order valence-electron chi connectivity index (χ3n) is 2.76. The summed E-state index contributed by atoms with van der Waals surface area (Å²) in [7, 11) is 1.94. The number of carboxylic acid groups (broad SMARTS) is 2. The number of hydrogen-bond acceptors (Lipinski definition) is 4. The molecule has 0 bridgehead atoms. The molecule has 118 valence electrons. The highest BCUT2D eigenvalue weighted by molar-refractivity contribution is 5.89. The number of aliphatic carboxylic acids is 2. The number of likely N-dealkylation sites (N-methyl/N-ethyl adjacent to an activating group) is 1. The van der Waals surface area contributed by atoms with Crippen molar-refractivity contribution in [2.75, 3.05) is 13.6 Å². The van der Waals surface area contributed by atoms with Crippen LogP contribution < -0.4 is 5.32 Å². The van der Waals surface area contributed by atoms with Crippen molar-refractivity contribution in [1.29, 1.82) is 0 Å². The zero-order valence-electron chi connectivity index (χ0n) is 12.0. The molecule has 0 spiro atoms. The Bertz CT molecular complexity index is 660. The highest BCUT2D eigenvalue weighted by Gasteiger charge is 2.03. The van der Waals surface area contributed by atoms with Crippen molar-refractivity contribution in [3.8, 4) is 5.75 Å². The molecule has 1 heterocycles. The lowest BCUT2D eigenvalue weighted by Gasteiger charge is -1.98. The number of carbonyl (C=O) groups is 2. The quantitative estimate of drug-likeness (QED) is 0.531. The summed E-state index contributed by atoms with van der Waals surface area (Å²) in [5.41, 5.74) is 2.32. The van der Waals surface area contributed by atoms with Crippen LogP contribution in [0.2, 0.25) is 0 Å². The summed E-state index contributed by atoms with van der Waals surface area (Å²) in [6.45, 7) is 0.947. The van der Waals surface area contributed by atoms with Crippen molar-refractivity contribution < 1.29 is 24.9 Å². The Balaban J connectivity index is 0.000000261. The van der Waals surface area contributed by atoms with E-state index in [0.717, 1.165) is 23.9 Å². The zero-order valence-corrected chi connectivity index (χ0v) is 12.0. The summed E-state index contributed by atoms with van der Waals surface area (Å²) >= 11 is 0. The summed E-state index contributed by atoms with van der Waals surface area (Å²) in [6.07, 6.45) is 4.09. The Morgan fingerprint density at radius 1 is 1.23 bits per heavy atom. The number of carboxylic acids is 2. The Labute approximate surface area is 126 Å². The van der Waals surface area contributed by atoms with Crippen molar-refractivity contribution in [3.05, 3.63) is 42.1 Å². The van der Waals surface area contributed by atoms with E-state index in [1.54, 1.807) is 12.1 Å². The topological polar surface area (TPSA) is 123 Å². The smallest absolute Gasteiger partial charge is 0.328 e. The van der Waals surface area contributed by atoms with E-state index in [4.69, 9.17) is 10.2 Å². The number of aromatic amines is 1. The molecule has 0 fully saturated rings. The van der Waals surface area contributed by atoms with Gasteiger partial charge in [0, 0.05) is 29.3 Å².